The Hall–Kier alpha value is -8.00. The van der Waals surface area contributed by atoms with Crippen molar-refractivity contribution in [2.24, 2.45) is 0 Å². The minimum absolute atomic E-state index is 0.240. The number of H-pyrrole nitrogens is 1. The van der Waals surface area contributed by atoms with Crippen LogP contribution in [0.1, 0.15) is 45.1 Å². The first-order valence-electron chi connectivity index (χ1n) is 20.5. The summed E-state index contributed by atoms with van der Waals surface area (Å²) in [5.74, 6) is 4.33. The summed E-state index contributed by atoms with van der Waals surface area (Å²) in [6.45, 7) is 0. The van der Waals surface area contributed by atoms with E-state index in [-0.39, 0.29) is 5.92 Å². The number of fused-ring (bicyclic) bond motifs is 2. The number of nitrogens with one attached hydrogen (secondary N) is 1. The first kappa shape index (κ1) is 41.4. The molecule has 2 aliphatic carbocycles. The molecule has 0 bridgehead atoms. The van der Waals surface area contributed by atoms with Crippen LogP contribution in [0, 0.1) is 0 Å². The molecule has 4 heterocycles. The normalized spacial score (nSPS) is 15.9. The van der Waals surface area contributed by atoms with Crippen LogP contribution in [-0.2, 0) is 18.3 Å². The Morgan fingerprint density at radius 2 is 1.36 bits per heavy atom. The van der Waals surface area contributed by atoms with Gasteiger partial charge in [-0.05, 0) is 28.8 Å². The summed E-state index contributed by atoms with van der Waals surface area (Å²) in [6.07, 6.45) is 16.2. The average molecular weight is 859 g/mol. The second kappa shape index (κ2) is 17.8. The number of aromatic amines is 1. The van der Waals surface area contributed by atoms with Crippen molar-refractivity contribution >= 4 is 12.2 Å². The second-order valence-electron chi connectivity index (χ2n) is 15.1. The molecule has 0 radical (unpaired) electrons. The lowest BCUT2D eigenvalue weighted by Crippen LogP contribution is -2.30. The number of hydrogen-bond donors (Lipinski definition) is 1. The van der Waals surface area contributed by atoms with E-state index in [2.05, 4.69) is 80.9 Å². The van der Waals surface area contributed by atoms with Crippen LogP contribution < -0.4 is 28.4 Å². The van der Waals surface area contributed by atoms with E-state index in [0.717, 1.165) is 57.1 Å². The van der Waals surface area contributed by atoms with E-state index in [0.29, 0.717) is 52.4 Å². The van der Waals surface area contributed by atoms with Gasteiger partial charge in [0.25, 0.3) is 0 Å². The number of aromatic nitrogens is 6. The van der Waals surface area contributed by atoms with Crippen LogP contribution >= 0.6 is 0 Å². The Kier molecular flexibility index (Phi) is 11.5. The van der Waals surface area contributed by atoms with E-state index >= 15 is 0 Å². The summed E-state index contributed by atoms with van der Waals surface area (Å²) >= 11 is 0. The maximum absolute atomic E-state index is 5.65. The zero-order valence-corrected chi connectivity index (χ0v) is 36.2. The molecule has 4 aromatic carbocycles. The zero-order chi connectivity index (χ0) is 44.2. The third-order valence-electron chi connectivity index (χ3n) is 11.7. The van der Waals surface area contributed by atoms with Gasteiger partial charge in [-0.1, -0.05) is 85.0 Å². The van der Waals surface area contributed by atoms with E-state index in [1.807, 2.05) is 53.2 Å². The van der Waals surface area contributed by atoms with Crippen molar-refractivity contribution < 1.29 is 37.3 Å². The molecule has 8 aromatic rings. The molecular weight excluding hydrogens is 813 g/mol. The average Bonchev–Trinajstić information content (AvgIpc) is 4.21. The molecular formula is C50H46N6O8. The minimum atomic E-state index is -0.464. The summed E-state index contributed by atoms with van der Waals surface area (Å²) in [5.41, 5.74) is 10.1. The smallest absolute Gasteiger partial charge is 0.203 e. The Balaban J connectivity index is 0.000000162. The molecule has 64 heavy (non-hydrogen) atoms. The van der Waals surface area contributed by atoms with Gasteiger partial charge in [-0.25, -0.2) is 14.6 Å². The highest BCUT2D eigenvalue weighted by Crippen LogP contribution is 2.48. The fourth-order valence-corrected chi connectivity index (χ4v) is 8.60. The summed E-state index contributed by atoms with van der Waals surface area (Å²) in [7, 11) is 9.67. The lowest BCUT2D eigenvalue weighted by molar-refractivity contribution is 0.323. The molecule has 14 heteroatoms. The largest absolute Gasteiger partial charge is 0.493 e. The summed E-state index contributed by atoms with van der Waals surface area (Å²) in [6, 6.07) is 28.7. The maximum Gasteiger partial charge on any atom is 0.203 e. The number of rotatable bonds is 12. The van der Waals surface area contributed by atoms with E-state index in [4.69, 9.17) is 42.4 Å². The van der Waals surface area contributed by atoms with Gasteiger partial charge in [-0.3, -0.25) is 5.10 Å². The van der Waals surface area contributed by atoms with Crippen molar-refractivity contribution in [3.05, 3.63) is 162 Å². The Bertz CT molecular complexity index is 2870. The molecule has 324 valence electrons. The highest BCUT2D eigenvalue weighted by molar-refractivity contribution is 5.76. The molecule has 0 fully saturated rings. The molecule has 4 aromatic heterocycles. The molecule has 0 saturated heterocycles. The molecule has 10 rings (SSSR count). The van der Waals surface area contributed by atoms with Crippen molar-refractivity contribution in [1.82, 2.24) is 29.9 Å². The van der Waals surface area contributed by atoms with Gasteiger partial charge < -0.3 is 37.3 Å². The third-order valence-corrected chi connectivity index (χ3v) is 11.7. The summed E-state index contributed by atoms with van der Waals surface area (Å²) < 4.78 is 46.1. The predicted octanol–water partition coefficient (Wildman–Crippen LogP) is 9.55. The number of oxazole rings is 2. The van der Waals surface area contributed by atoms with Gasteiger partial charge in [0, 0.05) is 53.1 Å². The second-order valence-corrected chi connectivity index (χ2v) is 15.1. The number of methoxy groups -OCH3 is 6. The lowest BCUT2D eigenvalue weighted by Gasteiger charge is -2.35. The van der Waals surface area contributed by atoms with Gasteiger partial charge in [0.2, 0.25) is 11.5 Å². The van der Waals surface area contributed by atoms with E-state index < -0.39 is 5.41 Å². The topological polar surface area (TPSA) is 154 Å². The summed E-state index contributed by atoms with van der Waals surface area (Å²) in [4.78, 5) is 8.33. The fraction of sp³-hybridized carbons (Fsp3) is 0.200. The molecule has 1 N–H and O–H groups in total. The van der Waals surface area contributed by atoms with Crippen LogP contribution in [0.25, 0.3) is 40.7 Å². The third kappa shape index (κ3) is 7.42. The minimum Gasteiger partial charge on any atom is -0.493 e. The number of nitrogens with zero attached hydrogens (tertiary/aromatic N) is 5. The Labute approximate surface area is 369 Å². The van der Waals surface area contributed by atoms with Crippen LogP contribution in [-0.4, -0.2) is 72.6 Å². The fourth-order valence-electron chi connectivity index (χ4n) is 8.60. The lowest BCUT2D eigenvalue weighted by atomic mass is 9.68. The highest BCUT2D eigenvalue weighted by atomic mass is 16.5. The van der Waals surface area contributed by atoms with Crippen LogP contribution in [0.15, 0.2) is 131 Å². The zero-order valence-electron chi connectivity index (χ0n) is 36.2. The number of hydrogen-bond acceptors (Lipinski definition) is 12. The monoisotopic (exact) mass is 858 g/mol. The highest BCUT2D eigenvalue weighted by Gasteiger charge is 2.38. The quantitative estimate of drug-likeness (QED) is 0.124. The molecule has 0 amide bonds. The first-order chi connectivity index (χ1) is 31.4. The van der Waals surface area contributed by atoms with Crippen LogP contribution in [0.2, 0.25) is 0 Å². The van der Waals surface area contributed by atoms with Gasteiger partial charge in [-0.2, -0.15) is 10.2 Å². The van der Waals surface area contributed by atoms with Crippen molar-refractivity contribution in [3.63, 3.8) is 0 Å². The maximum atomic E-state index is 5.65. The molecule has 0 spiro atoms. The molecule has 14 nitrogen and oxygen atoms in total. The molecule has 0 aliphatic heterocycles. The predicted molar refractivity (Wildman–Crippen MR) is 241 cm³/mol. The van der Waals surface area contributed by atoms with Gasteiger partial charge in [0.05, 0.1) is 60.2 Å². The van der Waals surface area contributed by atoms with Crippen LogP contribution in [0.3, 0.4) is 0 Å². The first-order valence-corrected chi connectivity index (χ1v) is 20.5. The molecule has 2 unspecified atom stereocenters. The van der Waals surface area contributed by atoms with Crippen molar-refractivity contribution in [3.8, 4) is 63.0 Å². The van der Waals surface area contributed by atoms with Crippen molar-refractivity contribution in [1.29, 1.82) is 0 Å². The number of allylic oxidation sites excluding steroid dienone is 2. The molecule has 2 atom stereocenters. The summed E-state index contributed by atoms with van der Waals surface area (Å²) in [5, 5.41) is 12.7. The number of ether oxygens (including phenoxy) is 6. The van der Waals surface area contributed by atoms with Gasteiger partial charge in [-0.15, -0.1) is 0 Å². The van der Waals surface area contributed by atoms with Crippen LogP contribution in [0.4, 0.5) is 0 Å². The van der Waals surface area contributed by atoms with E-state index in [1.165, 1.54) is 18.4 Å². The molecule has 0 saturated carbocycles. The van der Waals surface area contributed by atoms with E-state index in [9.17, 15) is 0 Å². The van der Waals surface area contributed by atoms with Gasteiger partial charge in [0.1, 0.15) is 23.3 Å². The van der Waals surface area contributed by atoms with Gasteiger partial charge in [0.15, 0.2) is 41.5 Å². The molecule has 2 aliphatic rings. The Morgan fingerprint density at radius 1 is 0.703 bits per heavy atom. The SMILES string of the molecule is COc1cc(-n2nc(-c3cnco3)c3c2CC(c2ccccc2)C=C3)cc(OC)c1OC.COc1cc(C2(c3ccccc3)C=Cc3c(-c4cocn4)n[nH]c3C2)cc(OC)c1OC. The van der Waals surface area contributed by atoms with Crippen molar-refractivity contribution in [2.75, 3.05) is 42.7 Å². The Morgan fingerprint density at radius 3 is 1.95 bits per heavy atom. The van der Waals surface area contributed by atoms with Crippen LogP contribution in [0.5, 0.6) is 34.5 Å². The standard InChI is InChI=1S/2C25H23N3O4/c1-29-21-11-17(12-22(30-2)24(21)31-3)25(16-7-5-4-6-8-16)10-9-18-19(13-25)27-28-23(18)20-14-32-15-26-20;1-29-21-12-18(13-22(30-2)25(21)31-3)28-20-11-17(16-7-5-4-6-8-16)9-10-19(20)24(27-28)23-14-26-15-32-23/h4-12,14-15H,13H2,1-3H3,(H,27,28);4-10,12-15,17H,11H2,1-3H3. The van der Waals surface area contributed by atoms with Gasteiger partial charge >= 0.3 is 0 Å². The number of benzene rings is 4. The van der Waals surface area contributed by atoms with E-state index in [1.54, 1.807) is 55.1 Å². The van der Waals surface area contributed by atoms with Crippen molar-refractivity contribution in [2.45, 2.75) is 24.2 Å².